The van der Waals surface area contributed by atoms with Gasteiger partial charge in [0, 0.05) is 6.16 Å². The molecule has 24 heavy (non-hydrogen) atoms. The normalized spacial score (nSPS) is 16.0. The molecular weight excluding hydrogens is 350 g/mol. The van der Waals surface area contributed by atoms with E-state index >= 15 is 0 Å². The van der Waals surface area contributed by atoms with E-state index in [1.165, 1.54) is 11.1 Å². The van der Waals surface area contributed by atoms with Crippen LogP contribution in [-0.4, -0.2) is 6.16 Å². The van der Waals surface area contributed by atoms with Crippen LogP contribution in [0.15, 0.2) is 34.9 Å². The molecule has 0 aliphatic carbocycles. The van der Waals surface area contributed by atoms with Crippen molar-refractivity contribution in [1.29, 1.82) is 0 Å². The second-order valence-corrected chi connectivity index (χ2v) is 9.33. The van der Waals surface area contributed by atoms with Gasteiger partial charge < -0.3 is 28.1 Å². The summed E-state index contributed by atoms with van der Waals surface area (Å²) in [5, 5.41) is 0. The number of allylic oxidation sites excluding steroid dienone is 6. The average Bonchev–Trinajstić information content (AvgIpc) is 2.34. The molecule has 0 N–H and O–H groups in total. The minimum Gasteiger partial charge on any atom is -0.790 e. The summed E-state index contributed by atoms with van der Waals surface area (Å²) >= 11 is 0. The molecule has 0 aromatic rings. The van der Waals surface area contributed by atoms with Crippen molar-refractivity contribution in [2.45, 2.75) is 59.8 Å². The lowest BCUT2D eigenvalue weighted by molar-refractivity contribution is -0.337. The van der Waals surface area contributed by atoms with E-state index in [0.717, 1.165) is 31.3 Å². The fourth-order valence-electron chi connectivity index (χ4n) is 2.00. The first-order chi connectivity index (χ1) is 10.9. The minimum absolute atomic E-state index is 0.121. The van der Waals surface area contributed by atoms with Crippen molar-refractivity contribution < 1.29 is 28.1 Å². The third kappa shape index (κ3) is 15.1. The second kappa shape index (κ2) is 11.2. The van der Waals surface area contributed by atoms with E-state index in [9.17, 15) is 23.8 Å². The average molecular weight is 377 g/mol. The first kappa shape index (κ1) is 23.5. The molecule has 0 aliphatic heterocycles. The highest BCUT2D eigenvalue weighted by Crippen LogP contribution is 2.49. The highest BCUT2D eigenvalue weighted by Gasteiger charge is 2.09. The van der Waals surface area contributed by atoms with Gasteiger partial charge in [-0.3, -0.25) is 0 Å². The molecule has 0 heterocycles. The predicted molar refractivity (Wildman–Crippen MR) is 91.2 cm³/mol. The molecule has 0 amide bonds. The molecule has 0 rings (SSSR count). The van der Waals surface area contributed by atoms with Crippen molar-refractivity contribution in [2.24, 2.45) is 0 Å². The Morgan fingerprint density at radius 2 is 1.29 bits per heavy atom. The van der Waals surface area contributed by atoms with Gasteiger partial charge in [0.05, 0.1) is 7.82 Å². The van der Waals surface area contributed by atoms with Gasteiger partial charge in [-0.1, -0.05) is 34.9 Å². The molecule has 0 saturated heterocycles. The third-order valence-corrected chi connectivity index (χ3v) is 5.84. The van der Waals surface area contributed by atoms with E-state index in [1.54, 1.807) is 6.08 Å². The van der Waals surface area contributed by atoms with E-state index in [0.29, 0.717) is 0 Å². The Morgan fingerprint density at radius 1 is 0.833 bits per heavy atom. The summed E-state index contributed by atoms with van der Waals surface area (Å²) in [4.78, 5) is 31.9. The maximum Gasteiger partial charge on any atom is 0.140 e. The first-order valence-electron chi connectivity index (χ1n) is 7.89. The van der Waals surface area contributed by atoms with E-state index in [4.69, 9.17) is 0 Å². The van der Waals surface area contributed by atoms with Crippen molar-refractivity contribution in [3.8, 4) is 0 Å². The van der Waals surface area contributed by atoms with Gasteiger partial charge in [0.1, 0.15) is 7.60 Å². The van der Waals surface area contributed by atoms with Crippen LogP contribution < -0.4 is 14.7 Å². The number of phosphoric acid groups is 1. The summed E-state index contributed by atoms with van der Waals surface area (Å²) in [7, 11) is -10.1. The number of rotatable bonds is 11. The smallest absolute Gasteiger partial charge is 0.140 e. The zero-order valence-corrected chi connectivity index (χ0v) is 16.6. The minimum atomic E-state index is -5.50. The summed E-state index contributed by atoms with van der Waals surface area (Å²) < 4.78 is 25.2. The predicted octanol–water partition coefficient (Wildman–Crippen LogP) is 3.19. The summed E-state index contributed by atoms with van der Waals surface area (Å²) in [6.07, 6.45) is 9.43. The number of hydrogen-bond donors (Lipinski definition) is 0. The van der Waals surface area contributed by atoms with Gasteiger partial charge in [0.25, 0.3) is 0 Å². The van der Waals surface area contributed by atoms with Crippen molar-refractivity contribution in [2.75, 3.05) is 6.16 Å². The van der Waals surface area contributed by atoms with Crippen molar-refractivity contribution in [3.63, 3.8) is 0 Å². The van der Waals surface area contributed by atoms with Gasteiger partial charge >= 0.3 is 0 Å². The summed E-state index contributed by atoms with van der Waals surface area (Å²) in [6.45, 7) is 8.12. The molecule has 6 nitrogen and oxygen atoms in total. The maximum atomic E-state index is 11.3. The van der Waals surface area contributed by atoms with Gasteiger partial charge in [0.15, 0.2) is 0 Å². The Hall–Kier alpha value is -0.480. The van der Waals surface area contributed by atoms with Crippen LogP contribution in [0.2, 0.25) is 0 Å². The zero-order valence-electron chi connectivity index (χ0n) is 14.8. The molecule has 0 aromatic carbocycles. The van der Waals surface area contributed by atoms with Crippen molar-refractivity contribution in [3.05, 3.63) is 34.9 Å². The summed E-state index contributed by atoms with van der Waals surface area (Å²) in [5.74, 6) is 0. The Labute approximate surface area is 145 Å². The topological polar surface area (TPSA) is 113 Å². The molecule has 1 atom stereocenters. The molecule has 1 unspecified atom stereocenters. The lowest BCUT2D eigenvalue weighted by Gasteiger charge is -2.35. The van der Waals surface area contributed by atoms with Gasteiger partial charge in [-0.2, -0.15) is 0 Å². The molecule has 0 radical (unpaired) electrons. The van der Waals surface area contributed by atoms with Gasteiger partial charge in [-0.15, -0.1) is 0 Å². The number of hydrogen-bond acceptors (Lipinski definition) is 6. The lowest BCUT2D eigenvalue weighted by atomic mass is 10.1. The van der Waals surface area contributed by atoms with E-state index in [2.05, 4.69) is 37.2 Å². The fraction of sp³-hybridized carbons (Fsp3) is 0.625. The Kier molecular flexibility index (Phi) is 11.0. The summed E-state index contributed by atoms with van der Waals surface area (Å²) in [6, 6.07) is 0. The van der Waals surface area contributed by atoms with E-state index in [-0.39, 0.29) is 6.42 Å². The molecule has 8 heteroatoms. The molecule has 140 valence electrons. The Bertz CT molecular complexity index is 567. The molecule has 0 aliphatic rings. The van der Waals surface area contributed by atoms with E-state index in [1.807, 2.05) is 6.92 Å². The van der Waals surface area contributed by atoms with Gasteiger partial charge in [-0.25, -0.2) is 0 Å². The molecule has 0 fully saturated rings. The first-order valence-corrected chi connectivity index (χ1v) is 11.1. The van der Waals surface area contributed by atoms with Crippen LogP contribution in [0.1, 0.15) is 59.8 Å². The molecule has 0 saturated carbocycles. The van der Waals surface area contributed by atoms with Crippen LogP contribution in [0.5, 0.6) is 0 Å². The standard InChI is InChI=1S/C16H30O6P2/c1-14(2)8-5-9-15(3)10-6-11-16(4)12-7-13-23(17,18)22-24(19,20)21/h8,10,12H,5-7,9,11,13H2,1-4H3,(H,17,18)(H2,19,20,21)/p-3/b15-10+,16-12+. The molecular formula is C16H27O6P2-3. The monoisotopic (exact) mass is 377 g/mol. The quantitative estimate of drug-likeness (QED) is 0.404. The zero-order chi connectivity index (χ0) is 18.8. The third-order valence-electron chi connectivity index (χ3n) is 3.24. The Balaban J connectivity index is 4.18. The maximum absolute atomic E-state index is 11.3. The van der Waals surface area contributed by atoms with Crippen LogP contribution in [-0.2, 0) is 13.4 Å². The highest BCUT2D eigenvalue weighted by molar-refractivity contribution is 7.61. The highest BCUT2D eigenvalue weighted by atomic mass is 31.3. The summed E-state index contributed by atoms with van der Waals surface area (Å²) in [5.41, 5.74) is 3.64. The van der Waals surface area contributed by atoms with E-state index < -0.39 is 21.6 Å². The van der Waals surface area contributed by atoms with Crippen LogP contribution in [0.3, 0.4) is 0 Å². The van der Waals surface area contributed by atoms with Crippen LogP contribution in [0.25, 0.3) is 0 Å². The second-order valence-electron chi connectivity index (χ2n) is 6.11. The van der Waals surface area contributed by atoms with Crippen LogP contribution in [0.4, 0.5) is 0 Å². The SMILES string of the molecule is CC(C)=CCC/C(C)=C/CC/C(C)=C/CCP(=O)([O-])OP(=O)([O-])[O-]. The fourth-order valence-corrected chi connectivity index (χ4v) is 3.99. The largest absolute Gasteiger partial charge is 0.790 e. The van der Waals surface area contributed by atoms with Gasteiger partial charge in [0.2, 0.25) is 0 Å². The van der Waals surface area contributed by atoms with Crippen molar-refractivity contribution >= 4 is 15.4 Å². The lowest BCUT2D eigenvalue weighted by Crippen LogP contribution is -2.19. The van der Waals surface area contributed by atoms with Crippen molar-refractivity contribution in [1.82, 2.24) is 0 Å². The molecule has 0 spiro atoms. The van der Waals surface area contributed by atoms with Crippen LogP contribution in [0, 0.1) is 0 Å². The molecule has 0 aromatic heterocycles. The van der Waals surface area contributed by atoms with Crippen LogP contribution >= 0.6 is 15.4 Å². The Morgan fingerprint density at radius 3 is 1.75 bits per heavy atom. The molecule has 0 bridgehead atoms. The van der Waals surface area contributed by atoms with Gasteiger partial charge in [-0.05, 0) is 59.8 Å².